The van der Waals surface area contributed by atoms with Gasteiger partial charge in [-0.15, -0.1) is 5.11 Å². The van der Waals surface area contributed by atoms with Gasteiger partial charge in [0.15, 0.2) is 0 Å². The van der Waals surface area contributed by atoms with Gasteiger partial charge < -0.3 is 21.0 Å². The molecule has 0 spiro atoms. The highest BCUT2D eigenvalue weighted by atomic mass is 35.5. The average Bonchev–Trinajstić information content (AvgIpc) is 3.30. The summed E-state index contributed by atoms with van der Waals surface area (Å²) < 4.78 is 1.54. The minimum Gasteiger partial charge on any atom is -0.326 e. The van der Waals surface area contributed by atoms with Gasteiger partial charge in [-0.2, -0.15) is 0 Å². The number of nitrogens with zero attached hydrogens (tertiary/aromatic N) is 4. The van der Waals surface area contributed by atoms with E-state index in [0.717, 1.165) is 16.9 Å². The molecule has 1 aromatic heterocycles. The van der Waals surface area contributed by atoms with E-state index in [1.165, 1.54) is 17.0 Å². The summed E-state index contributed by atoms with van der Waals surface area (Å²) in [7, 11) is 0. The van der Waals surface area contributed by atoms with E-state index in [-0.39, 0.29) is 17.4 Å². The summed E-state index contributed by atoms with van der Waals surface area (Å²) >= 11 is 6.21. The minimum absolute atomic E-state index is 0.0154. The zero-order valence-electron chi connectivity index (χ0n) is 19.1. The van der Waals surface area contributed by atoms with Crippen LogP contribution in [0, 0.1) is 0 Å². The maximum Gasteiger partial charge on any atom is 0.252 e. The number of pyridine rings is 1. The van der Waals surface area contributed by atoms with Crippen molar-refractivity contribution in [2.75, 3.05) is 10.6 Å². The molecule has 1 atom stereocenters. The fourth-order valence-corrected chi connectivity index (χ4v) is 4.83. The van der Waals surface area contributed by atoms with E-state index in [1.54, 1.807) is 30.3 Å². The molecule has 0 saturated heterocycles. The van der Waals surface area contributed by atoms with Crippen LogP contribution in [-0.2, 0) is 22.4 Å². The molecule has 2 amide bonds. The normalized spacial score (nSPS) is 16.7. The topological polar surface area (TPSA) is 143 Å². The number of nitrogens with two attached hydrogens (primary N) is 1. The molecule has 0 bridgehead atoms. The summed E-state index contributed by atoms with van der Waals surface area (Å²) in [6, 6.07) is 13.2. The van der Waals surface area contributed by atoms with E-state index in [9.17, 15) is 14.4 Å². The fourth-order valence-electron chi connectivity index (χ4n) is 4.66. The number of carbonyl (C=O) groups is 2. The maximum atomic E-state index is 13.2. The quantitative estimate of drug-likeness (QED) is 0.158. The van der Waals surface area contributed by atoms with Crippen LogP contribution in [0.2, 0.25) is 5.02 Å². The number of halogens is 1. The molecule has 36 heavy (non-hydrogen) atoms. The number of fused-ring (bicyclic) bond motifs is 2. The van der Waals surface area contributed by atoms with Crippen molar-refractivity contribution in [3.63, 3.8) is 0 Å². The Labute approximate surface area is 210 Å². The van der Waals surface area contributed by atoms with Crippen LogP contribution in [0.1, 0.15) is 30.1 Å². The second kappa shape index (κ2) is 9.74. The third kappa shape index (κ3) is 4.63. The Morgan fingerprint density at radius 3 is 2.81 bits per heavy atom. The number of hydrogen-bond acceptors (Lipinski definition) is 5. The van der Waals surface area contributed by atoms with Crippen molar-refractivity contribution in [3.8, 4) is 11.1 Å². The highest BCUT2D eigenvalue weighted by Gasteiger charge is 2.30. The van der Waals surface area contributed by atoms with Crippen LogP contribution in [-0.4, -0.2) is 22.7 Å². The Bertz CT molecular complexity index is 1500. The highest BCUT2D eigenvalue weighted by Crippen LogP contribution is 2.35. The van der Waals surface area contributed by atoms with E-state index in [1.807, 2.05) is 12.1 Å². The third-order valence-electron chi connectivity index (χ3n) is 6.29. The van der Waals surface area contributed by atoms with Crippen LogP contribution in [0.25, 0.3) is 11.1 Å². The molecule has 0 radical (unpaired) electrons. The van der Waals surface area contributed by atoms with E-state index < -0.39 is 6.04 Å². The number of rotatable bonds is 5. The van der Waals surface area contributed by atoms with Gasteiger partial charge in [-0.05, 0) is 72.9 Å². The molecule has 2 aliphatic rings. The first-order valence-electron chi connectivity index (χ1n) is 11.3. The molecule has 3 heterocycles. The zero-order chi connectivity index (χ0) is 25.2. The van der Waals surface area contributed by atoms with Crippen LogP contribution in [0.15, 0.2) is 68.7 Å². The van der Waals surface area contributed by atoms with E-state index in [2.05, 4.69) is 26.0 Å². The lowest BCUT2D eigenvalue weighted by Gasteiger charge is -2.19. The molecule has 2 aromatic carbocycles. The Morgan fingerprint density at radius 2 is 1.97 bits per heavy atom. The van der Waals surface area contributed by atoms with Crippen molar-refractivity contribution in [1.82, 2.24) is 4.57 Å². The average molecular weight is 504 g/mol. The third-order valence-corrected chi connectivity index (χ3v) is 6.52. The molecule has 0 unspecified atom stereocenters. The number of anilines is 2. The molecule has 10 nitrogen and oxygen atoms in total. The number of hydrogen-bond donors (Lipinski definition) is 3. The summed E-state index contributed by atoms with van der Waals surface area (Å²) in [5.74, 6) is 4.75. The fraction of sp³-hybridized carbons (Fsp3) is 0.200. The number of aliphatic imine (C=N–C) groups is 1. The second-order valence-electron chi connectivity index (χ2n) is 8.54. The first kappa shape index (κ1) is 23.4. The monoisotopic (exact) mass is 503 g/mol. The SMILES string of the molecule is NN=NC=Nc1ccc(Cl)cc1-c1cc2n(c(=O)c1)[C@H](C(=O)Nc1ccc3c(c1)CCC(=O)N3)CC2. The molecule has 5 rings (SSSR count). The van der Waals surface area contributed by atoms with Crippen LogP contribution in [0.5, 0.6) is 0 Å². The van der Waals surface area contributed by atoms with Gasteiger partial charge in [-0.25, -0.2) is 4.99 Å². The smallest absolute Gasteiger partial charge is 0.252 e. The molecule has 182 valence electrons. The van der Waals surface area contributed by atoms with Gasteiger partial charge in [0.25, 0.3) is 5.56 Å². The number of carbonyl (C=O) groups excluding carboxylic acids is 2. The molecule has 4 N–H and O–H groups in total. The maximum absolute atomic E-state index is 13.2. The van der Waals surface area contributed by atoms with Gasteiger partial charge in [0.2, 0.25) is 11.8 Å². The zero-order valence-corrected chi connectivity index (χ0v) is 19.8. The number of aryl methyl sites for hydroxylation is 2. The Balaban J connectivity index is 1.42. The lowest BCUT2D eigenvalue weighted by molar-refractivity contribution is -0.119. The van der Waals surface area contributed by atoms with Crippen LogP contribution in [0.4, 0.5) is 17.1 Å². The Hall–Kier alpha value is -4.31. The summed E-state index contributed by atoms with van der Waals surface area (Å²) in [4.78, 5) is 42.1. The summed E-state index contributed by atoms with van der Waals surface area (Å²) in [6.07, 6.45) is 3.31. The number of benzene rings is 2. The van der Waals surface area contributed by atoms with Gasteiger partial charge in [-0.3, -0.25) is 14.4 Å². The molecule has 3 aromatic rings. The number of nitrogens with one attached hydrogen (secondary N) is 2. The van der Waals surface area contributed by atoms with Gasteiger partial charge >= 0.3 is 0 Å². The molecular formula is C25H22ClN7O3. The summed E-state index contributed by atoms with van der Waals surface area (Å²) in [6.45, 7) is 0. The lowest BCUT2D eigenvalue weighted by atomic mass is 10.0. The van der Waals surface area contributed by atoms with Crippen molar-refractivity contribution < 1.29 is 9.59 Å². The van der Waals surface area contributed by atoms with E-state index in [4.69, 9.17) is 17.4 Å². The molecule has 0 fully saturated rings. The largest absolute Gasteiger partial charge is 0.326 e. The van der Waals surface area contributed by atoms with Gasteiger partial charge in [0.05, 0.1) is 5.69 Å². The second-order valence-corrected chi connectivity index (χ2v) is 8.98. The molecule has 0 aliphatic carbocycles. The molecule has 0 saturated carbocycles. The predicted octanol–water partition coefficient (Wildman–Crippen LogP) is 4.17. The summed E-state index contributed by atoms with van der Waals surface area (Å²) in [5.41, 5.74) is 4.66. The Kier molecular flexibility index (Phi) is 6.34. The Morgan fingerprint density at radius 1 is 1.11 bits per heavy atom. The van der Waals surface area contributed by atoms with Crippen molar-refractivity contribution in [1.29, 1.82) is 0 Å². The van der Waals surface area contributed by atoms with Crippen molar-refractivity contribution >= 4 is 46.8 Å². The van der Waals surface area contributed by atoms with Crippen molar-refractivity contribution in [3.05, 3.63) is 75.2 Å². The standard InChI is InChI=1S/C25H22ClN7O3/c26-16-2-5-21(28-13-29-32-27)19(12-16)15-10-18-4-7-22(33(18)24(35)11-15)25(36)30-17-3-6-20-14(9-17)1-8-23(34)31-20/h2-3,5-6,9-13,22H,1,4,7-8H2,(H,30,36)(H,31,34)(H2,27,28,29)/t22-/m0/s1. The van der Waals surface area contributed by atoms with Crippen molar-refractivity contribution in [2.24, 2.45) is 21.2 Å². The lowest BCUT2D eigenvalue weighted by Crippen LogP contribution is -2.31. The van der Waals surface area contributed by atoms with Crippen LogP contribution in [0.3, 0.4) is 0 Å². The highest BCUT2D eigenvalue weighted by molar-refractivity contribution is 6.31. The molecular weight excluding hydrogens is 482 g/mol. The van der Waals surface area contributed by atoms with Crippen LogP contribution < -0.4 is 22.0 Å². The molecule has 2 aliphatic heterocycles. The number of aromatic nitrogens is 1. The van der Waals surface area contributed by atoms with Gasteiger partial charge in [0.1, 0.15) is 12.4 Å². The predicted molar refractivity (Wildman–Crippen MR) is 138 cm³/mol. The minimum atomic E-state index is -0.626. The summed E-state index contributed by atoms with van der Waals surface area (Å²) in [5, 5.41) is 12.9. The molecule has 11 heteroatoms. The number of amides is 2. The first-order chi connectivity index (χ1) is 17.4. The van der Waals surface area contributed by atoms with Crippen molar-refractivity contribution in [2.45, 2.75) is 31.7 Å². The van der Waals surface area contributed by atoms with Gasteiger partial charge in [0, 0.05) is 40.1 Å². The van der Waals surface area contributed by atoms with Gasteiger partial charge in [-0.1, -0.05) is 16.8 Å². The van der Waals surface area contributed by atoms with E-state index in [0.29, 0.717) is 53.2 Å². The van der Waals surface area contributed by atoms with E-state index >= 15 is 0 Å². The van der Waals surface area contributed by atoms with Crippen LogP contribution >= 0.6 is 11.6 Å². The first-order valence-corrected chi connectivity index (χ1v) is 11.7.